The van der Waals surface area contributed by atoms with Crippen molar-refractivity contribution in [1.82, 2.24) is 9.80 Å². The second-order valence-electron chi connectivity index (χ2n) is 9.63. The normalized spacial score (nSPS) is 21.7. The largest absolute Gasteiger partial charge is 0.491 e. The third kappa shape index (κ3) is 7.04. The molecule has 1 aliphatic rings. The summed E-state index contributed by atoms with van der Waals surface area (Å²) in [5, 5.41) is 2.86. The Morgan fingerprint density at radius 2 is 1.94 bits per heavy atom. The number of nitrogens with one attached hydrogen (secondary N) is 1. The van der Waals surface area contributed by atoms with Crippen molar-refractivity contribution >= 4 is 17.5 Å². The highest BCUT2D eigenvalue weighted by atomic mass is 19.1. The van der Waals surface area contributed by atoms with E-state index in [2.05, 4.69) is 17.1 Å². The number of benzene rings is 2. The Balaban J connectivity index is 1.93. The van der Waals surface area contributed by atoms with E-state index in [1.165, 1.54) is 6.07 Å². The zero-order valence-electron chi connectivity index (χ0n) is 21.9. The zero-order valence-corrected chi connectivity index (χ0v) is 21.9. The maximum Gasteiger partial charge on any atom is 0.257 e. The average molecular weight is 500 g/mol. The number of likely N-dealkylation sites (N-methyl/N-ethyl adjacent to an activating group) is 1. The van der Waals surface area contributed by atoms with Gasteiger partial charge in [-0.15, -0.1) is 0 Å². The van der Waals surface area contributed by atoms with E-state index in [0.29, 0.717) is 55.2 Å². The first-order valence-electron chi connectivity index (χ1n) is 12.6. The van der Waals surface area contributed by atoms with Crippen molar-refractivity contribution in [2.45, 2.75) is 52.3 Å². The van der Waals surface area contributed by atoms with Crippen LogP contribution < -0.4 is 10.1 Å². The predicted octanol–water partition coefficient (Wildman–Crippen LogP) is 4.57. The van der Waals surface area contributed by atoms with E-state index in [1.807, 2.05) is 19.9 Å². The second kappa shape index (κ2) is 12.8. The third-order valence-electron chi connectivity index (χ3n) is 6.67. The number of methoxy groups -OCH3 is 1. The molecule has 8 heteroatoms. The molecule has 0 radical (unpaired) electrons. The Labute approximate surface area is 213 Å². The standard InChI is InChI=1S/C28H38FN3O4/c1-6-9-27(33)30-22-12-13-25-23(14-22)28(34)31(4)17-26(35-5)19(2)15-32(20(3)18-36-25)16-21-10-7-8-11-24(21)29/h7-8,10-14,19-20,26H,6,9,15-18H2,1-5H3,(H,30,33)/t19-,20+,26-/m0/s1. The molecule has 1 aliphatic heterocycles. The van der Waals surface area contributed by atoms with Crippen molar-refractivity contribution in [3.8, 4) is 5.75 Å². The highest BCUT2D eigenvalue weighted by Gasteiger charge is 2.29. The van der Waals surface area contributed by atoms with Crippen LogP contribution in [0.1, 0.15) is 49.5 Å². The number of anilines is 1. The van der Waals surface area contributed by atoms with Gasteiger partial charge in [-0.1, -0.05) is 32.0 Å². The van der Waals surface area contributed by atoms with Gasteiger partial charge in [-0.25, -0.2) is 4.39 Å². The van der Waals surface area contributed by atoms with Crippen molar-refractivity contribution in [1.29, 1.82) is 0 Å². The summed E-state index contributed by atoms with van der Waals surface area (Å²) in [6.07, 6.45) is 0.925. The summed E-state index contributed by atoms with van der Waals surface area (Å²) in [4.78, 5) is 29.4. The van der Waals surface area contributed by atoms with E-state index in [-0.39, 0.29) is 35.7 Å². The lowest BCUT2D eigenvalue weighted by molar-refractivity contribution is -0.116. The lowest BCUT2D eigenvalue weighted by Crippen LogP contribution is -2.46. The molecule has 0 spiro atoms. The molecule has 2 amide bonds. The van der Waals surface area contributed by atoms with Gasteiger partial charge in [0.05, 0.1) is 11.7 Å². The van der Waals surface area contributed by atoms with Crippen LogP contribution in [-0.4, -0.2) is 67.6 Å². The van der Waals surface area contributed by atoms with E-state index in [1.54, 1.807) is 49.4 Å². The van der Waals surface area contributed by atoms with Crippen molar-refractivity contribution < 1.29 is 23.5 Å². The molecule has 0 unspecified atom stereocenters. The Hall–Kier alpha value is -2.97. The van der Waals surface area contributed by atoms with Crippen molar-refractivity contribution in [2.24, 2.45) is 5.92 Å². The third-order valence-corrected chi connectivity index (χ3v) is 6.67. The number of hydrogen-bond donors (Lipinski definition) is 1. The molecular formula is C28H38FN3O4. The summed E-state index contributed by atoms with van der Waals surface area (Å²) in [5.41, 5.74) is 1.55. The van der Waals surface area contributed by atoms with Gasteiger partial charge in [-0.2, -0.15) is 0 Å². The molecule has 7 nitrogen and oxygen atoms in total. The molecular weight excluding hydrogens is 461 g/mol. The van der Waals surface area contributed by atoms with E-state index in [4.69, 9.17) is 9.47 Å². The molecule has 1 heterocycles. The minimum atomic E-state index is -0.235. The van der Waals surface area contributed by atoms with Gasteiger partial charge in [-0.05, 0) is 43.5 Å². The van der Waals surface area contributed by atoms with Crippen LogP contribution in [0.2, 0.25) is 0 Å². The Bertz CT molecular complexity index is 1050. The smallest absolute Gasteiger partial charge is 0.257 e. The van der Waals surface area contributed by atoms with Gasteiger partial charge in [0.1, 0.15) is 18.2 Å². The lowest BCUT2D eigenvalue weighted by Gasteiger charge is -2.36. The van der Waals surface area contributed by atoms with Crippen molar-refractivity contribution in [2.75, 3.05) is 39.2 Å². The minimum Gasteiger partial charge on any atom is -0.491 e. The highest BCUT2D eigenvalue weighted by molar-refractivity contribution is 5.99. The molecule has 196 valence electrons. The van der Waals surface area contributed by atoms with Gasteiger partial charge in [0.2, 0.25) is 5.91 Å². The van der Waals surface area contributed by atoms with Gasteiger partial charge >= 0.3 is 0 Å². The predicted molar refractivity (Wildman–Crippen MR) is 139 cm³/mol. The minimum absolute atomic E-state index is 0.0615. The van der Waals surface area contributed by atoms with Gasteiger partial charge in [0.15, 0.2) is 0 Å². The fraction of sp³-hybridized carbons (Fsp3) is 0.500. The fourth-order valence-electron chi connectivity index (χ4n) is 4.45. The SMILES string of the molecule is CCCC(=O)Nc1ccc2c(c1)C(=O)N(C)C[C@H](OC)[C@@H](C)CN(Cc1ccccc1F)[C@H](C)CO2. The summed E-state index contributed by atoms with van der Waals surface area (Å²) in [7, 11) is 3.38. The fourth-order valence-corrected chi connectivity index (χ4v) is 4.45. The number of ether oxygens (including phenoxy) is 2. The van der Waals surface area contributed by atoms with E-state index in [9.17, 15) is 14.0 Å². The zero-order chi connectivity index (χ0) is 26.2. The molecule has 0 aliphatic carbocycles. The molecule has 1 N–H and O–H groups in total. The molecule has 3 atom stereocenters. The first-order valence-corrected chi connectivity index (χ1v) is 12.6. The molecule has 3 rings (SSSR count). The van der Waals surface area contributed by atoms with Crippen LogP contribution in [0.5, 0.6) is 5.75 Å². The van der Waals surface area contributed by atoms with Crippen LogP contribution >= 0.6 is 0 Å². The van der Waals surface area contributed by atoms with Crippen LogP contribution in [-0.2, 0) is 16.1 Å². The van der Waals surface area contributed by atoms with Crippen LogP contribution in [0.3, 0.4) is 0 Å². The van der Waals surface area contributed by atoms with E-state index < -0.39 is 0 Å². The number of rotatable bonds is 6. The summed E-state index contributed by atoms with van der Waals surface area (Å²) >= 11 is 0. The maximum absolute atomic E-state index is 14.5. The molecule has 0 bridgehead atoms. The van der Waals surface area contributed by atoms with E-state index >= 15 is 0 Å². The summed E-state index contributed by atoms with van der Waals surface area (Å²) in [5.74, 6) is -0.0278. The van der Waals surface area contributed by atoms with E-state index in [0.717, 1.165) is 6.42 Å². The molecule has 2 aromatic carbocycles. The van der Waals surface area contributed by atoms with Gasteiger partial charge in [0, 0.05) is 57.5 Å². The number of hydrogen-bond acceptors (Lipinski definition) is 5. The molecule has 2 aromatic rings. The second-order valence-corrected chi connectivity index (χ2v) is 9.63. The van der Waals surface area contributed by atoms with Gasteiger partial charge in [-0.3, -0.25) is 14.5 Å². The first-order chi connectivity index (χ1) is 17.2. The Kier molecular flexibility index (Phi) is 9.84. The summed E-state index contributed by atoms with van der Waals surface area (Å²) in [6, 6.07) is 11.9. The Morgan fingerprint density at radius 3 is 2.64 bits per heavy atom. The van der Waals surface area contributed by atoms with Crippen LogP contribution in [0.4, 0.5) is 10.1 Å². The summed E-state index contributed by atoms with van der Waals surface area (Å²) in [6.45, 7) is 7.82. The van der Waals surface area contributed by atoms with Crippen LogP contribution in [0, 0.1) is 11.7 Å². The van der Waals surface area contributed by atoms with Gasteiger partial charge < -0.3 is 19.7 Å². The Morgan fingerprint density at radius 1 is 1.19 bits per heavy atom. The monoisotopic (exact) mass is 499 g/mol. The van der Waals surface area contributed by atoms with Crippen molar-refractivity contribution in [3.05, 3.63) is 59.4 Å². The quantitative estimate of drug-likeness (QED) is 0.631. The topological polar surface area (TPSA) is 71.1 Å². The average Bonchev–Trinajstić information content (AvgIpc) is 2.85. The van der Waals surface area contributed by atoms with Gasteiger partial charge in [0.25, 0.3) is 5.91 Å². The lowest BCUT2D eigenvalue weighted by atomic mass is 10.0. The molecule has 0 saturated heterocycles. The first kappa shape index (κ1) is 27.6. The molecule has 36 heavy (non-hydrogen) atoms. The summed E-state index contributed by atoms with van der Waals surface area (Å²) < 4.78 is 26.4. The molecule has 0 saturated carbocycles. The highest BCUT2D eigenvalue weighted by Crippen LogP contribution is 2.27. The molecule has 0 aromatic heterocycles. The number of nitrogens with zero attached hydrogens (tertiary/aromatic N) is 2. The number of carbonyl (C=O) groups is 2. The number of amides is 2. The van der Waals surface area contributed by atoms with Crippen molar-refractivity contribution in [3.63, 3.8) is 0 Å². The number of halogens is 1. The van der Waals surface area contributed by atoms with Crippen LogP contribution in [0.15, 0.2) is 42.5 Å². The molecule has 0 fully saturated rings. The number of carbonyl (C=O) groups excluding carboxylic acids is 2. The number of fused-ring (bicyclic) bond motifs is 1. The van der Waals surface area contributed by atoms with Crippen LogP contribution in [0.25, 0.3) is 0 Å². The maximum atomic E-state index is 14.5.